The average molecular weight is 504 g/mol. The Kier molecular flexibility index (Phi) is 7.36. The van der Waals surface area contributed by atoms with Crippen molar-refractivity contribution in [1.29, 1.82) is 0 Å². The summed E-state index contributed by atoms with van der Waals surface area (Å²) in [6.45, 7) is 5.40. The van der Waals surface area contributed by atoms with Crippen molar-refractivity contribution >= 4 is 11.7 Å². The molecule has 0 radical (unpaired) electrons. The predicted molar refractivity (Wildman–Crippen MR) is 143 cm³/mol. The van der Waals surface area contributed by atoms with Gasteiger partial charge in [0, 0.05) is 12.5 Å². The van der Waals surface area contributed by atoms with Crippen molar-refractivity contribution < 1.29 is 23.8 Å². The zero-order chi connectivity index (χ0) is 25.9. The molecule has 0 amide bonds. The fourth-order valence-corrected chi connectivity index (χ4v) is 5.18. The Balaban J connectivity index is 1.30. The van der Waals surface area contributed by atoms with E-state index < -0.39 is 11.8 Å². The van der Waals surface area contributed by atoms with Crippen LogP contribution in [0.15, 0.2) is 48.5 Å². The standard InChI is InChI=1S/C31H34FNO4/c1-19-13-25(36-12-4-5-21-8-9-21)14-20(2)31(19)24-7-3-6-23(15-24)28-18-37-29-16-22(10-11-30(34)35)26(32)17-27(29)33-28/h3,6-7,13-17,21,28,33H,4-5,8-12,18H2,1-2H3,(H,34,35). The fraction of sp³-hybridized carbons (Fsp3) is 0.387. The summed E-state index contributed by atoms with van der Waals surface area (Å²) < 4.78 is 26.6. The number of rotatable bonds is 10. The van der Waals surface area contributed by atoms with Gasteiger partial charge in [-0.3, -0.25) is 4.79 Å². The van der Waals surface area contributed by atoms with Gasteiger partial charge in [-0.1, -0.05) is 31.0 Å². The first-order valence-corrected chi connectivity index (χ1v) is 13.2. The number of fused-ring (bicyclic) bond motifs is 1. The first-order chi connectivity index (χ1) is 17.9. The summed E-state index contributed by atoms with van der Waals surface area (Å²) in [4.78, 5) is 10.9. The highest BCUT2D eigenvalue weighted by molar-refractivity contribution is 5.73. The number of aliphatic carboxylic acids is 1. The Bertz CT molecular complexity index is 1280. The number of halogens is 1. The van der Waals surface area contributed by atoms with Gasteiger partial charge in [0.15, 0.2) is 0 Å². The van der Waals surface area contributed by atoms with Gasteiger partial charge >= 0.3 is 5.97 Å². The highest BCUT2D eigenvalue weighted by Gasteiger charge is 2.23. The third-order valence-electron chi connectivity index (χ3n) is 7.30. The number of nitrogens with one attached hydrogen (secondary N) is 1. The molecule has 1 fully saturated rings. The summed E-state index contributed by atoms with van der Waals surface area (Å²) >= 11 is 0. The maximum atomic E-state index is 14.6. The maximum Gasteiger partial charge on any atom is 0.303 e. The zero-order valence-corrected chi connectivity index (χ0v) is 21.5. The van der Waals surface area contributed by atoms with Crippen LogP contribution in [0.25, 0.3) is 11.1 Å². The second-order valence-corrected chi connectivity index (χ2v) is 10.3. The predicted octanol–water partition coefficient (Wildman–Crippen LogP) is 7.24. The van der Waals surface area contributed by atoms with Crippen molar-refractivity contribution in [3.05, 3.63) is 76.6 Å². The van der Waals surface area contributed by atoms with Crippen molar-refractivity contribution in [2.45, 2.75) is 58.4 Å². The van der Waals surface area contributed by atoms with Gasteiger partial charge in [-0.25, -0.2) is 4.39 Å². The average Bonchev–Trinajstić information content (AvgIpc) is 3.69. The van der Waals surface area contributed by atoms with E-state index in [0.29, 0.717) is 23.6 Å². The molecular formula is C31H34FNO4. The van der Waals surface area contributed by atoms with E-state index in [4.69, 9.17) is 14.6 Å². The molecular weight excluding hydrogens is 469 g/mol. The molecule has 0 spiro atoms. The second kappa shape index (κ2) is 10.8. The van der Waals surface area contributed by atoms with Crippen LogP contribution in [-0.2, 0) is 11.2 Å². The number of benzene rings is 3. The van der Waals surface area contributed by atoms with E-state index in [0.717, 1.165) is 35.8 Å². The van der Waals surface area contributed by atoms with Crippen LogP contribution in [0.2, 0.25) is 0 Å². The molecule has 1 unspecified atom stereocenters. The molecule has 0 bridgehead atoms. The molecule has 1 aliphatic carbocycles. The minimum atomic E-state index is -0.951. The number of carbonyl (C=O) groups is 1. The molecule has 3 aromatic rings. The Hall–Kier alpha value is -3.54. The van der Waals surface area contributed by atoms with Gasteiger partial charge in [0.05, 0.1) is 18.3 Å². The molecule has 0 aromatic heterocycles. The second-order valence-electron chi connectivity index (χ2n) is 10.3. The molecule has 194 valence electrons. The highest BCUT2D eigenvalue weighted by atomic mass is 19.1. The summed E-state index contributed by atoms with van der Waals surface area (Å²) in [7, 11) is 0. The Morgan fingerprint density at radius 1 is 1.14 bits per heavy atom. The lowest BCUT2D eigenvalue weighted by atomic mass is 9.92. The molecule has 1 atom stereocenters. The van der Waals surface area contributed by atoms with E-state index in [1.165, 1.54) is 42.0 Å². The Morgan fingerprint density at radius 2 is 1.92 bits per heavy atom. The number of carboxylic acids is 1. The quantitative estimate of drug-likeness (QED) is 0.286. The molecule has 5 rings (SSSR count). The third kappa shape index (κ3) is 6.07. The molecule has 37 heavy (non-hydrogen) atoms. The smallest absolute Gasteiger partial charge is 0.303 e. The van der Waals surface area contributed by atoms with Crippen LogP contribution in [-0.4, -0.2) is 24.3 Å². The molecule has 2 aliphatic rings. The van der Waals surface area contributed by atoms with Crippen molar-refractivity contribution in [3.8, 4) is 22.6 Å². The summed E-state index contributed by atoms with van der Waals surface area (Å²) in [5.74, 6) is 1.03. The van der Waals surface area contributed by atoms with E-state index in [1.807, 2.05) is 6.07 Å². The van der Waals surface area contributed by atoms with Crippen LogP contribution in [0.3, 0.4) is 0 Å². The van der Waals surface area contributed by atoms with Crippen LogP contribution in [0.5, 0.6) is 11.5 Å². The lowest BCUT2D eigenvalue weighted by Gasteiger charge is -2.29. The molecule has 1 heterocycles. The lowest BCUT2D eigenvalue weighted by Crippen LogP contribution is -2.24. The highest BCUT2D eigenvalue weighted by Crippen LogP contribution is 2.38. The van der Waals surface area contributed by atoms with Crippen LogP contribution < -0.4 is 14.8 Å². The summed E-state index contributed by atoms with van der Waals surface area (Å²) in [6, 6.07) is 15.5. The van der Waals surface area contributed by atoms with E-state index in [2.05, 4.69) is 49.5 Å². The molecule has 5 nitrogen and oxygen atoms in total. The molecule has 3 aromatic carbocycles. The van der Waals surface area contributed by atoms with Crippen molar-refractivity contribution in [2.75, 3.05) is 18.5 Å². The normalized spacial score (nSPS) is 16.5. The molecule has 0 saturated heterocycles. The van der Waals surface area contributed by atoms with Gasteiger partial charge < -0.3 is 19.9 Å². The van der Waals surface area contributed by atoms with Crippen LogP contribution in [0.4, 0.5) is 10.1 Å². The first-order valence-electron chi connectivity index (χ1n) is 13.2. The number of ether oxygens (including phenoxy) is 2. The molecule has 6 heteroatoms. The van der Waals surface area contributed by atoms with Gasteiger partial charge in [-0.2, -0.15) is 0 Å². The van der Waals surface area contributed by atoms with Gasteiger partial charge in [0.1, 0.15) is 23.9 Å². The van der Waals surface area contributed by atoms with Gasteiger partial charge in [0.2, 0.25) is 0 Å². The van der Waals surface area contributed by atoms with Crippen LogP contribution in [0, 0.1) is 25.6 Å². The number of hydrogen-bond acceptors (Lipinski definition) is 4. The van der Waals surface area contributed by atoms with Crippen molar-refractivity contribution in [1.82, 2.24) is 0 Å². The SMILES string of the molecule is Cc1cc(OCCCC2CC2)cc(C)c1-c1cccc(C2COc3cc(CCC(=O)O)c(F)cc3N2)c1. The van der Waals surface area contributed by atoms with Crippen LogP contribution in [0.1, 0.15) is 60.4 Å². The van der Waals surface area contributed by atoms with Crippen molar-refractivity contribution in [3.63, 3.8) is 0 Å². The third-order valence-corrected chi connectivity index (χ3v) is 7.30. The van der Waals surface area contributed by atoms with Gasteiger partial charge in [-0.15, -0.1) is 0 Å². The maximum absolute atomic E-state index is 14.6. The van der Waals surface area contributed by atoms with E-state index >= 15 is 0 Å². The number of aryl methyl sites for hydroxylation is 3. The molecule has 1 saturated carbocycles. The van der Waals surface area contributed by atoms with E-state index in [9.17, 15) is 9.18 Å². The summed E-state index contributed by atoms with van der Waals surface area (Å²) in [5.41, 5.74) is 6.64. The monoisotopic (exact) mass is 503 g/mol. The van der Waals surface area contributed by atoms with E-state index in [-0.39, 0.29) is 18.9 Å². The topological polar surface area (TPSA) is 67.8 Å². The Labute approximate surface area is 217 Å². The van der Waals surface area contributed by atoms with Crippen molar-refractivity contribution in [2.24, 2.45) is 5.92 Å². The van der Waals surface area contributed by atoms with Gasteiger partial charge in [0.25, 0.3) is 0 Å². The first kappa shape index (κ1) is 25.1. The lowest BCUT2D eigenvalue weighted by molar-refractivity contribution is -0.136. The largest absolute Gasteiger partial charge is 0.494 e. The minimum Gasteiger partial charge on any atom is -0.494 e. The number of hydrogen-bond donors (Lipinski definition) is 2. The molecule has 2 N–H and O–H groups in total. The zero-order valence-electron chi connectivity index (χ0n) is 21.5. The molecule has 1 aliphatic heterocycles. The number of carboxylic acid groups (broad SMARTS) is 1. The minimum absolute atomic E-state index is 0.120. The summed E-state index contributed by atoms with van der Waals surface area (Å²) in [5, 5.41) is 12.3. The van der Waals surface area contributed by atoms with Gasteiger partial charge in [-0.05, 0) is 96.7 Å². The van der Waals surface area contributed by atoms with E-state index in [1.54, 1.807) is 6.07 Å². The fourth-order valence-electron chi connectivity index (χ4n) is 5.18. The Morgan fingerprint density at radius 3 is 2.65 bits per heavy atom. The summed E-state index contributed by atoms with van der Waals surface area (Å²) in [6.07, 6.45) is 5.16. The number of anilines is 1. The van der Waals surface area contributed by atoms with Crippen LogP contribution >= 0.6 is 0 Å².